The summed E-state index contributed by atoms with van der Waals surface area (Å²) in [4.78, 5) is 16.3. The molecule has 146 valence electrons. The molecule has 6 heteroatoms. The molecule has 0 aliphatic carbocycles. The highest BCUT2D eigenvalue weighted by Crippen LogP contribution is 2.32. The molecule has 26 heavy (non-hydrogen) atoms. The Morgan fingerprint density at radius 2 is 2.15 bits per heavy atom. The molecule has 1 aliphatic heterocycles. The number of carbonyl (C=O) groups is 1. The Balaban J connectivity index is 1.93. The Morgan fingerprint density at radius 1 is 1.38 bits per heavy atom. The van der Waals surface area contributed by atoms with Crippen molar-refractivity contribution in [2.75, 3.05) is 40.4 Å². The average molecular weight is 364 g/mol. The van der Waals surface area contributed by atoms with Crippen molar-refractivity contribution in [2.24, 2.45) is 11.8 Å². The van der Waals surface area contributed by atoms with E-state index in [-0.39, 0.29) is 18.3 Å². The summed E-state index contributed by atoms with van der Waals surface area (Å²) in [5, 5.41) is 19.2. The van der Waals surface area contributed by atoms with Crippen molar-refractivity contribution in [3.63, 3.8) is 0 Å². The summed E-state index contributed by atoms with van der Waals surface area (Å²) in [5.41, 5.74) is 0.901. The molecule has 0 bridgehead atoms. The molecule has 2 N–H and O–H groups in total. The van der Waals surface area contributed by atoms with Crippen molar-refractivity contribution in [3.8, 4) is 11.5 Å². The van der Waals surface area contributed by atoms with Crippen LogP contribution in [0.1, 0.15) is 31.7 Å². The molecular formula is C20H32N2O4. The summed E-state index contributed by atoms with van der Waals surface area (Å²) in [6, 6.07) is 5.43. The molecule has 0 spiro atoms. The lowest BCUT2D eigenvalue weighted by Gasteiger charge is -2.38. The van der Waals surface area contributed by atoms with Gasteiger partial charge in [-0.25, -0.2) is 0 Å². The lowest BCUT2D eigenvalue weighted by Crippen LogP contribution is -2.42. The third-order valence-corrected chi connectivity index (χ3v) is 5.48. The van der Waals surface area contributed by atoms with Crippen molar-refractivity contribution < 1.29 is 19.7 Å². The monoisotopic (exact) mass is 364 g/mol. The first-order valence-corrected chi connectivity index (χ1v) is 9.41. The summed E-state index contributed by atoms with van der Waals surface area (Å²) in [6.45, 7) is 5.13. The number of likely N-dealkylation sites (N-methyl/N-ethyl adjacent to an activating group) is 1. The highest BCUT2D eigenvalue weighted by molar-refractivity contribution is 5.76. The van der Waals surface area contributed by atoms with E-state index in [4.69, 9.17) is 9.84 Å². The van der Waals surface area contributed by atoms with Gasteiger partial charge in [0.15, 0.2) is 0 Å². The van der Waals surface area contributed by atoms with E-state index in [0.717, 1.165) is 31.5 Å². The van der Waals surface area contributed by atoms with Gasteiger partial charge in [-0.15, -0.1) is 0 Å². The van der Waals surface area contributed by atoms with Crippen molar-refractivity contribution in [3.05, 3.63) is 23.8 Å². The van der Waals surface area contributed by atoms with Gasteiger partial charge in [-0.05, 0) is 30.9 Å². The van der Waals surface area contributed by atoms with Crippen LogP contribution >= 0.6 is 0 Å². The van der Waals surface area contributed by atoms with E-state index >= 15 is 0 Å². The van der Waals surface area contributed by atoms with E-state index in [0.29, 0.717) is 37.1 Å². The number of aromatic hydroxyl groups is 1. The highest BCUT2D eigenvalue weighted by atomic mass is 16.5. The van der Waals surface area contributed by atoms with Crippen molar-refractivity contribution >= 4 is 5.91 Å². The zero-order chi connectivity index (χ0) is 19.1. The third kappa shape index (κ3) is 5.35. The fourth-order valence-electron chi connectivity index (χ4n) is 3.73. The maximum Gasteiger partial charge on any atom is 0.222 e. The van der Waals surface area contributed by atoms with Gasteiger partial charge in [0, 0.05) is 44.7 Å². The number of hydrogen-bond donors (Lipinski definition) is 2. The molecule has 1 heterocycles. The summed E-state index contributed by atoms with van der Waals surface area (Å²) in [5.74, 6) is 1.89. The molecule has 1 aliphatic rings. The van der Waals surface area contributed by atoms with Gasteiger partial charge in [-0.3, -0.25) is 9.69 Å². The Bertz CT molecular complexity index is 593. The molecule has 0 radical (unpaired) electrons. The minimum atomic E-state index is 0.00322. The summed E-state index contributed by atoms with van der Waals surface area (Å²) >= 11 is 0. The third-order valence-electron chi connectivity index (χ3n) is 5.48. The highest BCUT2D eigenvalue weighted by Gasteiger charge is 2.30. The lowest BCUT2D eigenvalue weighted by molar-refractivity contribution is -0.132. The lowest BCUT2D eigenvalue weighted by atomic mass is 9.81. The minimum absolute atomic E-state index is 0.00322. The number of methoxy groups -OCH3 is 1. The minimum Gasteiger partial charge on any atom is -0.507 e. The van der Waals surface area contributed by atoms with Crippen LogP contribution in [0.3, 0.4) is 0 Å². The van der Waals surface area contributed by atoms with Crippen molar-refractivity contribution in [1.29, 1.82) is 0 Å². The summed E-state index contributed by atoms with van der Waals surface area (Å²) in [7, 11) is 3.34. The van der Waals surface area contributed by atoms with Crippen LogP contribution in [-0.4, -0.2) is 66.3 Å². The van der Waals surface area contributed by atoms with Gasteiger partial charge < -0.3 is 19.8 Å². The normalized spacial score (nSPS) is 20.8. The first-order chi connectivity index (χ1) is 12.5. The van der Waals surface area contributed by atoms with Crippen LogP contribution in [0.5, 0.6) is 11.5 Å². The number of carbonyl (C=O) groups excluding carboxylic acids is 1. The van der Waals surface area contributed by atoms with Crippen LogP contribution in [0.15, 0.2) is 18.2 Å². The van der Waals surface area contributed by atoms with Gasteiger partial charge in [0.2, 0.25) is 5.91 Å². The zero-order valence-electron chi connectivity index (χ0n) is 16.1. The van der Waals surface area contributed by atoms with Crippen LogP contribution in [-0.2, 0) is 11.3 Å². The van der Waals surface area contributed by atoms with Crippen molar-refractivity contribution in [1.82, 2.24) is 9.80 Å². The van der Waals surface area contributed by atoms with Gasteiger partial charge in [0.1, 0.15) is 11.5 Å². The molecule has 2 atom stereocenters. The standard InChI is InChI=1S/C20H32N2O4/c1-4-15-13-22(14-17-5-6-18(26-3)12-19(17)24)8-7-16(15)11-20(25)21(2)9-10-23/h5-6,12,15-16,23-24H,4,7-11,13-14H2,1-3H3/t15-,16-/m0/s1. The van der Waals surface area contributed by atoms with Gasteiger partial charge >= 0.3 is 0 Å². The van der Waals surface area contributed by atoms with E-state index in [1.165, 1.54) is 0 Å². The predicted molar refractivity (Wildman–Crippen MR) is 101 cm³/mol. The van der Waals surface area contributed by atoms with E-state index in [1.807, 2.05) is 12.1 Å². The van der Waals surface area contributed by atoms with Crippen LogP contribution in [0.2, 0.25) is 0 Å². The fourth-order valence-corrected chi connectivity index (χ4v) is 3.73. The number of benzene rings is 1. The fraction of sp³-hybridized carbons (Fsp3) is 0.650. The maximum absolute atomic E-state index is 12.3. The van der Waals surface area contributed by atoms with Crippen LogP contribution in [0.25, 0.3) is 0 Å². The summed E-state index contributed by atoms with van der Waals surface area (Å²) in [6.07, 6.45) is 2.57. The second kappa shape index (κ2) is 9.78. The molecular weight excluding hydrogens is 332 g/mol. The van der Waals surface area contributed by atoms with Crippen LogP contribution < -0.4 is 4.74 Å². The number of rotatable bonds is 8. The van der Waals surface area contributed by atoms with Crippen LogP contribution in [0, 0.1) is 11.8 Å². The first-order valence-electron chi connectivity index (χ1n) is 9.41. The van der Waals surface area contributed by atoms with Crippen LogP contribution in [0.4, 0.5) is 0 Å². The Hall–Kier alpha value is -1.79. The number of amides is 1. The molecule has 1 aromatic rings. The van der Waals surface area contributed by atoms with Crippen molar-refractivity contribution in [2.45, 2.75) is 32.7 Å². The zero-order valence-corrected chi connectivity index (χ0v) is 16.1. The van der Waals surface area contributed by atoms with E-state index in [9.17, 15) is 9.90 Å². The van der Waals surface area contributed by atoms with Gasteiger partial charge in [-0.1, -0.05) is 19.4 Å². The van der Waals surface area contributed by atoms with E-state index in [2.05, 4.69) is 11.8 Å². The van der Waals surface area contributed by atoms with Gasteiger partial charge in [-0.2, -0.15) is 0 Å². The number of hydrogen-bond acceptors (Lipinski definition) is 5. The molecule has 0 saturated carbocycles. The number of nitrogens with zero attached hydrogens (tertiary/aromatic N) is 2. The second-order valence-corrected chi connectivity index (χ2v) is 7.19. The quantitative estimate of drug-likeness (QED) is 0.739. The molecule has 1 fully saturated rings. The number of piperidine rings is 1. The molecule has 1 amide bonds. The number of aliphatic hydroxyl groups excluding tert-OH is 1. The van der Waals surface area contributed by atoms with Gasteiger partial charge in [0.25, 0.3) is 0 Å². The molecule has 2 rings (SSSR count). The van der Waals surface area contributed by atoms with E-state index < -0.39 is 0 Å². The molecule has 0 aromatic heterocycles. The predicted octanol–water partition coefficient (Wildman–Crippen LogP) is 2.09. The number of phenolic OH excluding ortho intramolecular Hbond substituents is 1. The Kier molecular flexibility index (Phi) is 7.72. The largest absolute Gasteiger partial charge is 0.507 e. The second-order valence-electron chi connectivity index (χ2n) is 7.19. The molecule has 0 unspecified atom stereocenters. The molecule has 6 nitrogen and oxygen atoms in total. The molecule has 1 saturated heterocycles. The summed E-state index contributed by atoms with van der Waals surface area (Å²) < 4.78 is 5.14. The SMILES string of the molecule is CC[C@H]1CN(Cc2ccc(OC)cc2O)CC[C@H]1CC(=O)N(C)CCO. The topological polar surface area (TPSA) is 73.2 Å². The first kappa shape index (κ1) is 20.5. The van der Waals surface area contributed by atoms with E-state index in [1.54, 1.807) is 25.1 Å². The van der Waals surface area contributed by atoms with Gasteiger partial charge in [0.05, 0.1) is 13.7 Å². The maximum atomic E-state index is 12.3. The number of phenols is 1. The average Bonchev–Trinajstić information content (AvgIpc) is 2.64. The Labute approximate surface area is 156 Å². The number of aliphatic hydroxyl groups is 1. The number of ether oxygens (including phenoxy) is 1. The Morgan fingerprint density at radius 3 is 2.77 bits per heavy atom. The number of likely N-dealkylation sites (tertiary alicyclic amines) is 1. The molecule has 1 aromatic carbocycles. The smallest absolute Gasteiger partial charge is 0.222 e.